The third-order valence-electron chi connectivity index (χ3n) is 3.01. The Morgan fingerprint density at radius 2 is 2.00 bits per heavy atom. The Hall–Kier alpha value is -2.04. The molecule has 0 N–H and O–H groups in total. The molecule has 0 aromatic heterocycles. The Labute approximate surface area is 105 Å². The van der Waals surface area contributed by atoms with Crippen LogP contribution in [0.15, 0.2) is 30.3 Å². The van der Waals surface area contributed by atoms with Gasteiger partial charge in [-0.3, -0.25) is 4.90 Å². The lowest BCUT2D eigenvalue weighted by Gasteiger charge is -2.10. The maximum Gasteiger partial charge on any atom is 0.411 e. The number of amides is 1. The van der Waals surface area contributed by atoms with E-state index in [1.807, 2.05) is 30.3 Å². The lowest BCUT2D eigenvalue weighted by Crippen LogP contribution is -2.30. The number of rotatable bonds is 3. The molecular formula is C13H15NO4. The fourth-order valence-electron chi connectivity index (χ4n) is 1.73. The van der Waals surface area contributed by atoms with Crippen molar-refractivity contribution in [3.8, 4) is 0 Å². The van der Waals surface area contributed by atoms with Gasteiger partial charge in [0.25, 0.3) is 0 Å². The average molecular weight is 249 g/mol. The van der Waals surface area contributed by atoms with Crippen molar-refractivity contribution in [3.63, 3.8) is 0 Å². The molecule has 0 bridgehead atoms. The van der Waals surface area contributed by atoms with Crippen LogP contribution in [0.25, 0.3) is 0 Å². The molecule has 18 heavy (non-hydrogen) atoms. The van der Waals surface area contributed by atoms with Crippen LogP contribution in [0.4, 0.5) is 4.79 Å². The standard InChI is InChI=1S/C13H15NO4/c1-13(11(15)17-2)9-14(13)12(16)18-8-10-6-4-3-5-7-10/h3-7H,8-9H2,1-2H3/t13-,14?/m1/s1. The van der Waals surface area contributed by atoms with E-state index in [1.54, 1.807) is 6.92 Å². The van der Waals surface area contributed by atoms with Crippen LogP contribution < -0.4 is 0 Å². The Morgan fingerprint density at radius 1 is 1.33 bits per heavy atom. The van der Waals surface area contributed by atoms with Crippen molar-refractivity contribution in [2.45, 2.75) is 19.1 Å². The quantitative estimate of drug-likeness (QED) is 0.602. The Balaban J connectivity index is 1.86. The van der Waals surface area contributed by atoms with Crippen LogP contribution in [0.3, 0.4) is 0 Å². The normalized spacial score (nSPS) is 21.3. The van der Waals surface area contributed by atoms with Crippen molar-refractivity contribution >= 4 is 12.1 Å². The van der Waals surface area contributed by atoms with Gasteiger partial charge in [0.15, 0.2) is 5.54 Å². The van der Waals surface area contributed by atoms with Crippen molar-refractivity contribution in [2.75, 3.05) is 13.7 Å². The summed E-state index contributed by atoms with van der Waals surface area (Å²) < 4.78 is 9.75. The van der Waals surface area contributed by atoms with Gasteiger partial charge in [-0.25, -0.2) is 9.59 Å². The fraction of sp³-hybridized carbons (Fsp3) is 0.385. The summed E-state index contributed by atoms with van der Waals surface area (Å²) in [5, 5.41) is 0. The highest BCUT2D eigenvalue weighted by atomic mass is 16.6. The number of hydrogen-bond donors (Lipinski definition) is 0. The second kappa shape index (κ2) is 4.68. The lowest BCUT2D eigenvalue weighted by atomic mass is 10.2. The summed E-state index contributed by atoms with van der Waals surface area (Å²) in [7, 11) is 1.30. The maximum atomic E-state index is 11.7. The lowest BCUT2D eigenvalue weighted by molar-refractivity contribution is -0.144. The van der Waals surface area contributed by atoms with E-state index < -0.39 is 17.6 Å². The van der Waals surface area contributed by atoms with Gasteiger partial charge in [-0.15, -0.1) is 0 Å². The first-order valence-corrected chi connectivity index (χ1v) is 5.64. The van der Waals surface area contributed by atoms with Crippen LogP contribution in [0, 0.1) is 0 Å². The zero-order chi connectivity index (χ0) is 13.2. The first kappa shape index (κ1) is 12.4. The molecule has 1 fully saturated rings. The second-order valence-electron chi connectivity index (χ2n) is 4.39. The fourth-order valence-corrected chi connectivity index (χ4v) is 1.73. The van der Waals surface area contributed by atoms with Gasteiger partial charge in [-0.2, -0.15) is 0 Å². The molecule has 0 radical (unpaired) electrons. The van der Waals surface area contributed by atoms with Gasteiger partial charge >= 0.3 is 12.1 Å². The summed E-state index contributed by atoms with van der Waals surface area (Å²) in [5.74, 6) is -0.417. The van der Waals surface area contributed by atoms with Crippen molar-refractivity contribution in [3.05, 3.63) is 35.9 Å². The molecule has 0 aliphatic carbocycles. The molecule has 0 unspecified atom stereocenters. The van der Waals surface area contributed by atoms with Gasteiger partial charge in [-0.1, -0.05) is 30.3 Å². The van der Waals surface area contributed by atoms with Gasteiger partial charge in [-0.05, 0) is 12.5 Å². The molecule has 5 heteroatoms. The van der Waals surface area contributed by atoms with E-state index >= 15 is 0 Å². The summed E-state index contributed by atoms with van der Waals surface area (Å²) >= 11 is 0. The summed E-state index contributed by atoms with van der Waals surface area (Å²) in [6.07, 6.45) is -0.494. The van der Waals surface area contributed by atoms with Crippen LogP contribution in [-0.4, -0.2) is 36.2 Å². The molecule has 1 aromatic rings. The molecule has 1 heterocycles. The number of carbonyl (C=O) groups is 2. The van der Waals surface area contributed by atoms with Gasteiger partial charge in [0, 0.05) is 0 Å². The minimum Gasteiger partial charge on any atom is -0.467 e. The summed E-state index contributed by atoms with van der Waals surface area (Å²) in [5.41, 5.74) is 0.0511. The van der Waals surface area contributed by atoms with E-state index in [9.17, 15) is 9.59 Å². The Morgan fingerprint density at radius 3 is 2.61 bits per heavy atom. The molecule has 5 nitrogen and oxygen atoms in total. The highest BCUT2D eigenvalue weighted by Crippen LogP contribution is 2.33. The van der Waals surface area contributed by atoms with Crippen molar-refractivity contribution in [2.24, 2.45) is 0 Å². The van der Waals surface area contributed by atoms with Crippen molar-refractivity contribution in [1.82, 2.24) is 4.90 Å². The van der Waals surface area contributed by atoms with Crippen molar-refractivity contribution < 1.29 is 19.1 Å². The number of hydrogen-bond acceptors (Lipinski definition) is 4. The first-order chi connectivity index (χ1) is 8.58. The molecule has 96 valence electrons. The van der Waals surface area contributed by atoms with Gasteiger partial charge in [0.2, 0.25) is 0 Å². The predicted molar refractivity (Wildman–Crippen MR) is 63.8 cm³/mol. The number of carbonyl (C=O) groups excluding carboxylic acids is 2. The van der Waals surface area contributed by atoms with Gasteiger partial charge < -0.3 is 9.47 Å². The third-order valence-corrected chi connectivity index (χ3v) is 3.01. The van der Waals surface area contributed by atoms with Crippen LogP contribution >= 0.6 is 0 Å². The minimum absolute atomic E-state index is 0.202. The van der Waals surface area contributed by atoms with Gasteiger partial charge in [0.1, 0.15) is 6.61 Å². The first-order valence-electron chi connectivity index (χ1n) is 5.64. The Bertz CT molecular complexity index is 459. The van der Waals surface area contributed by atoms with E-state index in [1.165, 1.54) is 12.0 Å². The molecule has 1 saturated heterocycles. The van der Waals surface area contributed by atoms with E-state index in [4.69, 9.17) is 4.74 Å². The summed E-state index contributed by atoms with van der Waals surface area (Å²) in [4.78, 5) is 24.5. The highest BCUT2D eigenvalue weighted by Gasteiger charge is 2.59. The zero-order valence-electron chi connectivity index (χ0n) is 10.4. The second-order valence-corrected chi connectivity index (χ2v) is 4.39. The molecule has 2 rings (SSSR count). The van der Waals surface area contributed by atoms with E-state index in [-0.39, 0.29) is 6.61 Å². The van der Waals surface area contributed by atoms with Crippen LogP contribution in [0.1, 0.15) is 12.5 Å². The highest BCUT2D eigenvalue weighted by molar-refractivity contribution is 5.91. The molecule has 1 aliphatic heterocycles. The average Bonchev–Trinajstić information content (AvgIpc) is 3.10. The number of methoxy groups -OCH3 is 1. The molecular weight excluding hydrogens is 234 g/mol. The largest absolute Gasteiger partial charge is 0.467 e. The maximum absolute atomic E-state index is 11.7. The number of ether oxygens (including phenoxy) is 2. The minimum atomic E-state index is -0.859. The summed E-state index contributed by atoms with van der Waals surface area (Å²) in [6.45, 7) is 2.20. The van der Waals surface area contributed by atoms with Crippen LogP contribution in [-0.2, 0) is 20.9 Å². The topological polar surface area (TPSA) is 55.6 Å². The molecule has 1 aliphatic rings. The van der Waals surface area contributed by atoms with E-state index in [2.05, 4.69) is 4.74 Å². The number of esters is 1. The van der Waals surface area contributed by atoms with Crippen LogP contribution in [0.5, 0.6) is 0 Å². The SMILES string of the molecule is COC(=O)[C@@]1(C)CN1C(=O)OCc1ccccc1. The molecule has 1 aromatic carbocycles. The molecule has 1 amide bonds. The third kappa shape index (κ3) is 2.30. The van der Waals surface area contributed by atoms with Gasteiger partial charge in [0.05, 0.1) is 13.7 Å². The zero-order valence-corrected chi connectivity index (χ0v) is 10.4. The number of benzene rings is 1. The number of nitrogens with zero attached hydrogens (tertiary/aromatic N) is 1. The predicted octanol–water partition coefficient (Wildman–Crippen LogP) is 1.57. The van der Waals surface area contributed by atoms with E-state index in [0.29, 0.717) is 6.54 Å². The smallest absolute Gasteiger partial charge is 0.411 e. The molecule has 0 saturated carbocycles. The molecule has 0 spiro atoms. The Kier molecular flexibility index (Phi) is 3.23. The van der Waals surface area contributed by atoms with Crippen LogP contribution in [0.2, 0.25) is 0 Å². The van der Waals surface area contributed by atoms with E-state index in [0.717, 1.165) is 5.56 Å². The molecule has 1 atom stereocenters. The summed E-state index contributed by atoms with van der Waals surface area (Å²) in [6, 6.07) is 9.38. The monoisotopic (exact) mass is 249 g/mol. The van der Waals surface area contributed by atoms with Crippen molar-refractivity contribution in [1.29, 1.82) is 0 Å².